The third-order valence-electron chi connectivity index (χ3n) is 6.44. The molecule has 0 saturated carbocycles. The number of aliphatic hydroxyl groups excluding tert-OH is 1. The number of aliphatic hydroxyl groups is 1. The van der Waals surface area contributed by atoms with Gasteiger partial charge in [-0.15, -0.1) is 10.2 Å². The topological polar surface area (TPSA) is 140 Å². The molecule has 3 aromatic rings. The summed E-state index contributed by atoms with van der Waals surface area (Å²) < 4.78 is 101. The third-order valence-corrected chi connectivity index (χ3v) is 6.44. The van der Waals surface area contributed by atoms with E-state index in [1.54, 1.807) is 30.3 Å². The van der Waals surface area contributed by atoms with E-state index in [4.69, 9.17) is 19.0 Å². The predicted molar refractivity (Wildman–Crippen MR) is 149 cm³/mol. The summed E-state index contributed by atoms with van der Waals surface area (Å²) >= 11 is 0. The summed E-state index contributed by atoms with van der Waals surface area (Å²) in [5.74, 6) is -1.87. The number of pyridine rings is 1. The minimum Gasteiger partial charge on any atom is -0.444 e. The van der Waals surface area contributed by atoms with Crippen molar-refractivity contribution < 1.29 is 50.1 Å². The minimum atomic E-state index is -5.15. The second-order valence-electron chi connectivity index (χ2n) is 11.2. The molecular weight excluding hydrogens is 614 g/mol. The first-order valence-corrected chi connectivity index (χ1v) is 14.0. The summed E-state index contributed by atoms with van der Waals surface area (Å²) in [6, 6.07) is 8.29. The van der Waals surface area contributed by atoms with Gasteiger partial charge >= 0.3 is 18.4 Å². The highest BCUT2D eigenvalue weighted by Crippen LogP contribution is 2.47. The number of nitrogens with one attached hydrogen (secondary N) is 2. The zero-order chi connectivity index (χ0) is 33.5. The van der Waals surface area contributed by atoms with Crippen LogP contribution in [0.15, 0.2) is 45.6 Å². The second kappa shape index (κ2) is 14.5. The second-order valence-corrected chi connectivity index (χ2v) is 11.2. The van der Waals surface area contributed by atoms with Crippen molar-refractivity contribution in [3.63, 3.8) is 0 Å². The maximum atomic E-state index is 14.9. The molecule has 16 heteroatoms. The van der Waals surface area contributed by atoms with Gasteiger partial charge < -0.3 is 24.0 Å². The fourth-order valence-electron chi connectivity index (χ4n) is 4.29. The molecule has 3 N–H and O–H groups in total. The maximum absolute atomic E-state index is 14.9. The normalized spacial score (nSPS) is 13.8. The third kappa shape index (κ3) is 9.53. The van der Waals surface area contributed by atoms with Gasteiger partial charge in [-0.3, -0.25) is 10.1 Å². The molecule has 0 aliphatic heterocycles. The van der Waals surface area contributed by atoms with Crippen LogP contribution in [0.2, 0.25) is 0 Å². The molecule has 2 aromatic heterocycles. The molecule has 1 aromatic carbocycles. The van der Waals surface area contributed by atoms with Crippen molar-refractivity contribution in [1.82, 2.24) is 15.2 Å². The number of nitrogens with zero attached hydrogens (tertiary/aromatic N) is 2. The Morgan fingerprint density at radius 1 is 0.978 bits per heavy atom. The molecular formula is C29H34F6N4O6. The van der Waals surface area contributed by atoms with E-state index < -0.39 is 77.0 Å². The number of aromatic nitrogens is 3. The summed E-state index contributed by atoms with van der Waals surface area (Å²) in [6.07, 6.45) is -10.2. The minimum absolute atomic E-state index is 0.00000380. The smallest absolute Gasteiger partial charge is 0.426 e. The fraction of sp³-hybridized carbons (Fsp3) is 0.517. The van der Waals surface area contributed by atoms with E-state index in [1.807, 2.05) is 4.98 Å². The molecule has 0 aliphatic rings. The van der Waals surface area contributed by atoms with E-state index in [1.165, 1.54) is 20.8 Å². The maximum Gasteiger partial charge on any atom is 0.426 e. The van der Waals surface area contributed by atoms with Crippen molar-refractivity contribution in [2.45, 2.75) is 89.5 Å². The molecule has 0 fully saturated rings. The van der Waals surface area contributed by atoms with Gasteiger partial charge in [0.2, 0.25) is 5.60 Å². The lowest BCUT2D eigenvalue weighted by Gasteiger charge is -2.32. The number of ether oxygens (including phenoxy) is 2. The highest BCUT2D eigenvalue weighted by Gasteiger charge is 2.61. The van der Waals surface area contributed by atoms with Crippen LogP contribution in [-0.4, -0.2) is 44.8 Å². The van der Waals surface area contributed by atoms with Crippen molar-refractivity contribution >= 4 is 11.8 Å². The lowest BCUT2D eigenvalue weighted by molar-refractivity contribution is -0.300. The number of benzene rings is 1. The Kier molecular flexibility index (Phi) is 11.4. The number of unbranched alkanes of at least 4 members (excludes halogenated alkanes) is 4. The van der Waals surface area contributed by atoms with Gasteiger partial charge in [0.05, 0.1) is 12.3 Å². The summed E-state index contributed by atoms with van der Waals surface area (Å²) in [5.41, 5.74) is -8.57. The number of carbonyl (C=O) groups is 1. The molecule has 10 nitrogen and oxygen atoms in total. The molecule has 2 heterocycles. The average Bonchev–Trinajstić information content (AvgIpc) is 3.41. The van der Waals surface area contributed by atoms with Gasteiger partial charge in [0.15, 0.2) is 0 Å². The first-order valence-electron chi connectivity index (χ1n) is 14.0. The number of H-pyrrole nitrogens is 1. The molecule has 0 spiro atoms. The SMILES string of the molecule is CC(C)(C)OC(=O)Nc1cc(C(F)(F)F)c(=O)[nH]c1-c1nnc(C(CCCCCCCO)(OCc2ccccc2)C(F)(F)F)o1. The summed E-state index contributed by atoms with van der Waals surface area (Å²) in [5, 5.41) is 18.2. The molecule has 0 bridgehead atoms. The molecule has 0 aliphatic carbocycles. The van der Waals surface area contributed by atoms with Crippen LogP contribution < -0.4 is 10.9 Å². The van der Waals surface area contributed by atoms with Crippen LogP contribution in [0.25, 0.3) is 11.6 Å². The van der Waals surface area contributed by atoms with Crippen molar-refractivity contribution in [1.29, 1.82) is 0 Å². The lowest BCUT2D eigenvalue weighted by atomic mass is 9.94. The van der Waals surface area contributed by atoms with E-state index in [2.05, 4.69) is 15.5 Å². The Morgan fingerprint density at radius 3 is 2.22 bits per heavy atom. The number of alkyl halides is 6. The van der Waals surface area contributed by atoms with Gasteiger partial charge in [-0.1, -0.05) is 49.6 Å². The van der Waals surface area contributed by atoms with Gasteiger partial charge in [0, 0.05) is 6.61 Å². The number of anilines is 1. The van der Waals surface area contributed by atoms with Gasteiger partial charge in [0.1, 0.15) is 16.9 Å². The van der Waals surface area contributed by atoms with E-state index in [9.17, 15) is 35.9 Å². The Labute approximate surface area is 254 Å². The van der Waals surface area contributed by atoms with Crippen LogP contribution in [0.5, 0.6) is 0 Å². The Morgan fingerprint density at radius 2 is 1.62 bits per heavy atom. The molecule has 1 amide bonds. The zero-order valence-electron chi connectivity index (χ0n) is 24.8. The van der Waals surface area contributed by atoms with Crippen LogP contribution in [0.3, 0.4) is 0 Å². The number of carbonyl (C=O) groups excluding carboxylic acids is 1. The van der Waals surface area contributed by atoms with Crippen LogP contribution in [0.1, 0.15) is 76.3 Å². The van der Waals surface area contributed by atoms with Crippen molar-refractivity contribution in [3.8, 4) is 11.6 Å². The van der Waals surface area contributed by atoms with Crippen LogP contribution >= 0.6 is 0 Å². The Balaban J connectivity index is 2.09. The lowest BCUT2D eigenvalue weighted by Crippen LogP contribution is -2.45. The van der Waals surface area contributed by atoms with Crippen LogP contribution in [0.4, 0.5) is 36.8 Å². The first kappa shape index (κ1) is 35.6. The number of hydrogen-bond acceptors (Lipinski definition) is 8. The summed E-state index contributed by atoms with van der Waals surface area (Å²) in [6.45, 7) is 3.92. The number of aromatic amines is 1. The van der Waals surface area contributed by atoms with Gasteiger partial charge in [0.25, 0.3) is 17.3 Å². The molecule has 0 radical (unpaired) electrons. The quantitative estimate of drug-likeness (QED) is 0.132. The molecule has 45 heavy (non-hydrogen) atoms. The summed E-state index contributed by atoms with van der Waals surface area (Å²) in [7, 11) is 0. The first-order chi connectivity index (χ1) is 21.0. The highest BCUT2D eigenvalue weighted by molar-refractivity contribution is 5.89. The predicted octanol–water partition coefficient (Wildman–Crippen LogP) is 7.10. The van der Waals surface area contributed by atoms with Crippen LogP contribution in [-0.2, 0) is 27.9 Å². The Bertz CT molecular complexity index is 1470. The molecule has 248 valence electrons. The van der Waals surface area contributed by atoms with Crippen LogP contribution in [0, 0.1) is 0 Å². The number of halogens is 6. The van der Waals surface area contributed by atoms with Crippen molar-refractivity contribution in [3.05, 3.63) is 63.8 Å². The summed E-state index contributed by atoms with van der Waals surface area (Å²) in [4.78, 5) is 26.7. The molecule has 1 atom stereocenters. The van der Waals surface area contributed by atoms with Gasteiger partial charge in [-0.05, 0) is 51.7 Å². The number of rotatable bonds is 13. The number of amides is 1. The standard InChI is InChI=1S/C29H34F6N4O6/c1-26(2,3)45-25(42)36-20-16-19(28(30,31)32)22(41)37-21(20)23-38-39-24(44-23)27(29(33,34)35,14-10-5-4-6-11-15-40)43-17-18-12-8-7-9-13-18/h7-9,12-13,16,40H,4-6,10-11,14-15,17H2,1-3H3,(H,36,42)(H,37,41). The van der Waals surface area contributed by atoms with E-state index in [0.717, 1.165) is 0 Å². The van der Waals surface area contributed by atoms with Crippen molar-refractivity contribution in [2.24, 2.45) is 0 Å². The molecule has 3 rings (SSSR count). The number of hydrogen-bond donors (Lipinski definition) is 3. The largest absolute Gasteiger partial charge is 0.444 e. The zero-order valence-corrected chi connectivity index (χ0v) is 24.8. The highest BCUT2D eigenvalue weighted by atomic mass is 19.4. The monoisotopic (exact) mass is 648 g/mol. The van der Waals surface area contributed by atoms with Gasteiger partial charge in [-0.25, -0.2) is 4.79 Å². The van der Waals surface area contributed by atoms with E-state index in [0.29, 0.717) is 31.2 Å². The molecule has 0 saturated heterocycles. The van der Waals surface area contributed by atoms with E-state index in [-0.39, 0.29) is 19.1 Å². The average molecular weight is 649 g/mol. The Hall–Kier alpha value is -3.92. The molecule has 1 unspecified atom stereocenters. The van der Waals surface area contributed by atoms with Gasteiger partial charge in [-0.2, -0.15) is 26.3 Å². The van der Waals surface area contributed by atoms with Crippen molar-refractivity contribution in [2.75, 3.05) is 11.9 Å². The fourth-order valence-corrected chi connectivity index (χ4v) is 4.29. The van der Waals surface area contributed by atoms with E-state index >= 15 is 0 Å².